The van der Waals surface area contributed by atoms with Crippen molar-refractivity contribution in [1.82, 2.24) is 40.2 Å². The van der Waals surface area contributed by atoms with E-state index in [9.17, 15) is 38.3 Å². The molecule has 1 saturated heterocycles. The van der Waals surface area contributed by atoms with Crippen LogP contribution in [0, 0.1) is 12.3 Å². The van der Waals surface area contributed by atoms with E-state index >= 15 is 0 Å². The highest BCUT2D eigenvalue weighted by Crippen LogP contribution is 2.49. The summed E-state index contributed by atoms with van der Waals surface area (Å²) in [5, 5.41) is 22.1. The number of alkyl halides is 1. The number of anilines is 1. The van der Waals surface area contributed by atoms with E-state index in [1.165, 1.54) is 21.9 Å². The van der Waals surface area contributed by atoms with Gasteiger partial charge in [0.15, 0.2) is 5.67 Å². The monoisotopic (exact) mass is 1320 g/mol. The molecular weight excluding hydrogens is 1230 g/mol. The van der Waals surface area contributed by atoms with Crippen molar-refractivity contribution in [3.8, 4) is 16.2 Å². The summed E-state index contributed by atoms with van der Waals surface area (Å²) in [6.45, 7) is 14.2. The van der Waals surface area contributed by atoms with E-state index in [1.807, 2.05) is 79.7 Å². The largest absolute Gasteiger partial charge is 0.491 e. The first-order valence-corrected chi connectivity index (χ1v) is 33.4. The fraction of sp³-hybridized carbons (Fsp3) is 0.551. The molecule has 25 heteroatoms. The Morgan fingerprint density at radius 1 is 0.745 bits per heavy atom. The lowest BCUT2D eigenvalue weighted by molar-refractivity contribution is -0.145. The van der Waals surface area contributed by atoms with Crippen molar-refractivity contribution < 1.29 is 71.4 Å². The quantitative estimate of drug-likeness (QED) is 0.0266. The Labute approximate surface area is 553 Å². The van der Waals surface area contributed by atoms with Gasteiger partial charge in [-0.3, -0.25) is 33.7 Å². The van der Waals surface area contributed by atoms with E-state index in [0.29, 0.717) is 107 Å². The number of rotatable bonds is 36. The normalized spacial score (nSPS) is 17.4. The summed E-state index contributed by atoms with van der Waals surface area (Å²) < 4.78 is 56.9. The van der Waals surface area contributed by atoms with Gasteiger partial charge in [-0.2, -0.15) is 0 Å². The topological polar surface area (TPSA) is 263 Å². The number of carbonyl (C=O) groups is 6. The number of aryl methyl sites for hydroxylation is 1. The third-order valence-corrected chi connectivity index (χ3v) is 18.4. The van der Waals surface area contributed by atoms with Crippen LogP contribution in [0.4, 0.5) is 10.1 Å². The minimum absolute atomic E-state index is 0.00666. The lowest BCUT2D eigenvalue weighted by atomic mass is 9.71. The molecule has 510 valence electrons. The van der Waals surface area contributed by atoms with Gasteiger partial charge in [0.05, 0.1) is 113 Å². The molecule has 2 saturated carbocycles. The fourth-order valence-electron chi connectivity index (χ4n) is 11.8. The smallest absolute Gasteiger partial charge is 0.268 e. The molecule has 23 nitrogen and oxygen atoms in total. The number of benzene rings is 3. The van der Waals surface area contributed by atoms with Gasteiger partial charge in [0.25, 0.3) is 17.7 Å². The van der Waals surface area contributed by atoms with Gasteiger partial charge in [0, 0.05) is 82.3 Å². The number of likely N-dealkylation sites (tertiary alicyclic amines) is 1. The Morgan fingerprint density at radius 2 is 1.36 bits per heavy atom. The van der Waals surface area contributed by atoms with Crippen molar-refractivity contribution in [3.05, 3.63) is 124 Å². The molecule has 5 N–H and O–H groups in total. The maximum absolute atomic E-state index is 14.7. The third-order valence-electron chi connectivity index (χ3n) is 17.4. The Hall–Kier alpha value is -7.20. The predicted octanol–water partition coefficient (Wildman–Crippen LogP) is 6.57. The molecule has 9 rings (SSSR count). The molecule has 1 spiro atoms. The number of fused-ring (bicyclic) bond motifs is 2. The van der Waals surface area contributed by atoms with E-state index in [0.717, 1.165) is 59.6 Å². The zero-order valence-corrected chi connectivity index (χ0v) is 55.8. The van der Waals surface area contributed by atoms with E-state index in [1.54, 1.807) is 45.3 Å². The van der Waals surface area contributed by atoms with Crippen molar-refractivity contribution in [2.24, 2.45) is 5.41 Å². The zero-order valence-electron chi connectivity index (χ0n) is 55.0. The maximum atomic E-state index is 14.7. The van der Waals surface area contributed by atoms with Crippen LogP contribution in [-0.4, -0.2) is 202 Å². The molecule has 5 aromatic rings. The predicted molar refractivity (Wildman–Crippen MR) is 351 cm³/mol. The van der Waals surface area contributed by atoms with Gasteiger partial charge in [0.1, 0.15) is 30.1 Å². The van der Waals surface area contributed by atoms with Crippen LogP contribution < -0.4 is 26.0 Å². The SMILES string of the molecule is Cc1ncsc1-c1ccc(CNC(=O)[C@@H]2C[C@@H](O)CN2C(=O)[C@@H](NC(=O)C2(F)CC2)C(C)(C)C)c(OCCOCCOCCOCCOCCOCCOCCC(=O)Nc2ccc(CNC(=O)c3ccc4n3CCN(Cc3ccc(C(=O)N(C)C)cc3)C43CCC3)cc2)c1. The molecule has 3 fully saturated rings. The molecule has 0 bridgehead atoms. The van der Waals surface area contributed by atoms with Gasteiger partial charge in [0.2, 0.25) is 17.7 Å². The van der Waals surface area contributed by atoms with Crippen molar-refractivity contribution in [3.63, 3.8) is 0 Å². The van der Waals surface area contributed by atoms with Gasteiger partial charge >= 0.3 is 0 Å². The standard InChI is InChI=1S/C69H92FN9O14S/c1-47-60(94-46-73-47)51-14-15-52(43-72-63(83)56-41-54(80)45-79(56)65(85)61(67(2,3)4)75-66(86)68(70)23-24-68)57(40-51)93-39-38-92-37-36-91-35-34-90-33-32-89-31-30-88-29-28-87-27-20-59(81)74-53-16-10-48(11-17-53)42-71-62(82)55-18-19-58-69(21-7-22-69)77(25-26-78(55)58)44-49-8-12-50(13-9-49)64(84)76(5)6/h8-19,40,46,54,56,61,80H,7,20-39,41-45H2,1-6H3,(H,71,82)(H,72,83)(H,74,81)(H,75,86)/t54-,56+,61-/m1/s1. The van der Waals surface area contributed by atoms with Crippen LogP contribution in [0.1, 0.15) is 115 Å². The number of thiazole rings is 1. The van der Waals surface area contributed by atoms with Crippen LogP contribution >= 0.6 is 11.3 Å². The van der Waals surface area contributed by atoms with E-state index in [2.05, 4.69) is 41.8 Å². The molecule has 3 aromatic carbocycles. The van der Waals surface area contributed by atoms with Crippen LogP contribution in [0.5, 0.6) is 5.75 Å². The van der Waals surface area contributed by atoms with Gasteiger partial charge in [-0.1, -0.05) is 57.2 Å². The minimum Gasteiger partial charge on any atom is -0.491 e. The maximum Gasteiger partial charge on any atom is 0.268 e. The summed E-state index contributed by atoms with van der Waals surface area (Å²) in [5.74, 6) is -1.66. The number of hydrogen-bond donors (Lipinski definition) is 5. The third kappa shape index (κ3) is 19.1. The molecule has 2 aromatic heterocycles. The van der Waals surface area contributed by atoms with Crippen LogP contribution in [0.3, 0.4) is 0 Å². The number of aromatic nitrogens is 2. The lowest BCUT2D eigenvalue weighted by Crippen LogP contribution is -2.59. The summed E-state index contributed by atoms with van der Waals surface area (Å²) in [6, 6.07) is 22.9. The lowest BCUT2D eigenvalue weighted by Gasteiger charge is -2.53. The molecule has 2 aliphatic heterocycles. The zero-order chi connectivity index (χ0) is 66.8. The van der Waals surface area contributed by atoms with Gasteiger partial charge in [-0.15, -0.1) is 11.3 Å². The average molecular weight is 1320 g/mol. The number of nitrogens with zero attached hydrogens (tertiary/aromatic N) is 5. The second-order valence-corrected chi connectivity index (χ2v) is 26.5. The number of aliphatic hydroxyl groups is 1. The van der Waals surface area contributed by atoms with Crippen LogP contribution in [0.2, 0.25) is 0 Å². The van der Waals surface area contributed by atoms with Crippen molar-refractivity contribution >= 4 is 52.5 Å². The number of nitrogens with one attached hydrogen (secondary N) is 4. The van der Waals surface area contributed by atoms with E-state index in [-0.39, 0.29) is 81.9 Å². The summed E-state index contributed by atoms with van der Waals surface area (Å²) in [7, 11) is 3.51. The second-order valence-electron chi connectivity index (χ2n) is 25.6. The summed E-state index contributed by atoms with van der Waals surface area (Å²) in [6.07, 6.45) is 2.63. The first-order chi connectivity index (χ1) is 45.2. The number of aliphatic hydroxyl groups excluding tert-OH is 1. The van der Waals surface area contributed by atoms with Crippen molar-refractivity contribution in [2.45, 2.75) is 128 Å². The fourth-order valence-corrected chi connectivity index (χ4v) is 12.6. The number of halogens is 1. The van der Waals surface area contributed by atoms with Gasteiger partial charge in [-0.25, -0.2) is 9.37 Å². The highest BCUT2D eigenvalue weighted by Gasteiger charge is 2.54. The Bertz CT molecular complexity index is 3350. The van der Waals surface area contributed by atoms with Crippen LogP contribution in [0.15, 0.2) is 84.4 Å². The molecule has 0 unspecified atom stereocenters. The molecule has 3 atom stereocenters. The Morgan fingerprint density at radius 3 is 1.94 bits per heavy atom. The molecule has 94 heavy (non-hydrogen) atoms. The number of amides is 6. The number of ether oxygens (including phenoxy) is 7. The number of carbonyl (C=O) groups excluding carboxylic acids is 6. The highest BCUT2D eigenvalue weighted by atomic mass is 32.1. The highest BCUT2D eigenvalue weighted by molar-refractivity contribution is 7.13. The van der Waals surface area contributed by atoms with Gasteiger partial charge < -0.3 is 73.9 Å². The van der Waals surface area contributed by atoms with Gasteiger partial charge in [-0.05, 0) is 104 Å². The summed E-state index contributed by atoms with van der Waals surface area (Å²) in [4.78, 5) is 89.7. The van der Waals surface area contributed by atoms with E-state index in [4.69, 9.17) is 33.2 Å². The summed E-state index contributed by atoms with van der Waals surface area (Å²) >= 11 is 1.50. The van der Waals surface area contributed by atoms with Crippen molar-refractivity contribution in [2.75, 3.05) is 118 Å². The molecule has 4 heterocycles. The summed E-state index contributed by atoms with van der Waals surface area (Å²) in [5.41, 5.74) is 6.56. The first kappa shape index (κ1) is 71.1. The molecule has 0 radical (unpaired) electrons. The second kappa shape index (κ2) is 33.5. The minimum atomic E-state index is -1.98. The molecule has 2 aliphatic carbocycles. The number of hydrogen-bond acceptors (Lipinski definition) is 17. The van der Waals surface area contributed by atoms with Crippen LogP contribution in [0.25, 0.3) is 10.4 Å². The van der Waals surface area contributed by atoms with E-state index < -0.39 is 47.0 Å². The average Bonchev–Trinajstić information content (AvgIpc) is 1.42. The number of β-amino-alcohol motifs (C(OH)–C–C–N with tert-alkyl or cyclic N) is 1. The first-order valence-electron chi connectivity index (χ1n) is 32.5. The Kier molecular flexibility index (Phi) is 25.3. The molecular formula is C69H92FN9O14S. The molecule has 6 amide bonds. The van der Waals surface area contributed by atoms with Crippen LogP contribution in [-0.2, 0) is 79.3 Å². The van der Waals surface area contributed by atoms with Crippen molar-refractivity contribution in [1.29, 1.82) is 0 Å². The Balaban J connectivity index is 0.569. The molecule has 4 aliphatic rings.